The predicted octanol–water partition coefficient (Wildman–Crippen LogP) is 1.42. The lowest BCUT2D eigenvalue weighted by Crippen LogP contribution is -2.31. The summed E-state index contributed by atoms with van der Waals surface area (Å²) in [7, 11) is 0. The minimum absolute atomic E-state index is 0.141. The van der Waals surface area contributed by atoms with Gasteiger partial charge in [0.25, 0.3) is 0 Å². The van der Waals surface area contributed by atoms with Gasteiger partial charge in [-0.05, 0) is 41.0 Å². The second-order valence-electron chi connectivity index (χ2n) is 5.76. The van der Waals surface area contributed by atoms with Crippen molar-refractivity contribution in [3.8, 4) is 11.5 Å². The minimum Gasteiger partial charge on any atom is -0.454 e. The predicted molar refractivity (Wildman–Crippen MR) is 78.0 cm³/mol. The van der Waals surface area contributed by atoms with Gasteiger partial charge in [-0.2, -0.15) is 4.68 Å². The summed E-state index contributed by atoms with van der Waals surface area (Å²) in [6, 6.07) is 5.35. The van der Waals surface area contributed by atoms with Crippen LogP contribution in [-0.2, 0) is 4.79 Å². The number of carbonyl (C=O) groups excluding carboxylic acids is 1. The van der Waals surface area contributed by atoms with E-state index >= 15 is 0 Å². The average molecular weight is 311 g/mol. The number of anilines is 1. The van der Waals surface area contributed by atoms with Crippen molar-refractivity contribution in [2.75, 3.05) is 12.1 Å². The maximum atomic E-state index is 12.5. The zero-order valence-electron chi connectivity index (χ0n) is 12.2. The maximum absolute atomic E-state index is 12.5. The summed E-state index contributed by atoms with van der Waals surface area (Å²) in [6.45, 7) is 0.216. The largest absolute Gasteiger partial charge is 0.454 e. The maximum Gasteiger partial charge on any atom is 0.248 e. The standard InChI is InChI=1S/C15H13N5O3/c21-10-3-1-2-9-13(10)14(20-15(16-9)17-18-19-20)8-4-5-11-12(6-8)23-7-22-11/h4-6,14H,1-3,7H2,(H,16,17,19)/t14-/m1/s1. The van der Waals surface area contributed by atoms with Gasteiger partial charge in [-0.3, -0.25) is 4.79 Å². The van der Waals surface area contributed by atoms with Gasteiger partial charge in [-0.15, -0.1) is 0 Å². The Morgan fingerprint density at radius 2 is 2.13 bits per heavy atom. The highest BCUT2D eigenvalue weighted by atomic mass is 16.7. The van der Waals surface area contributed by atoms with Crippen molar-refractivity contribution in [1.82, 2.24) is 20.2 Å². The van der Waals surface area contributed by atoms with E-state index in [0.717, 1.165) is 29.7 Å². The number of Topliss-reactive ketones (excluding diaryl/α,β-unsaturated/α-hetero) is 1. The topological polar surface area (TPSA) is 91.2 Å². The van der Waals surface area contributed by atoms with Crippen molar-refractivity contribution in [1.29, 1.82) is 0 Å². The van der Waals surface area contributed by atoms with Gasteiger partial charge in [-0.25, -0.2) is 0 Å². The number of nitrogens with one attached hydrogen (secondary N) is 1. The number of ether oxygens (including phenoxy) is 2. The highest BCUT2D eigenvalue weighted by molar-refractivity contribution is 5.99. The third-order valence-corrected chi connectivity index (χ3v) is 4.44. The highest BCUT2D eigenvalue weighted by Crippen LogP contribution is 2.42. The zero-order valence-corrected chi connectivity index (χ0v) is 12.2. The van der Waals surface area contributed by atoms with Gasteiger partial charge in [0.15, 0.2) is 17.3 Å². The molecule has 3 heterocycles. The van der Waals surface area contributed by atoms with Crippen molar-refractivity contribution >= 4 is 11.7 Å². The molecular formula is C15H13N5O3. The number of hydrogen-bond donors (Lipinski definition) is 1. The SMILES string of the molecule is O=C1CCCC2=C1[C@@H](c1ccc3c(c1)OCO3)n1nnnc1N2. The smallest absolute Gasteiger partial charge is 0.248 e. The first-order valence-electron chi connectivity index (χ1n) is 7.52. The Kier molecular flexibility index (Phi) is 2.50. The van der Waals surface area contributed by atoms with E-state index in [1.54, 1.807) is 4.68 Å². The number of benzene rings is 1. The quantitative estimate of drug-likeness (QED) is 0.851. The number of allylic oxidation sites excluding steroid dienone is 2. The molecule has 3 aliphatic rings. The molecule has 116 valence electrons. The van der Waals surface area contributed by atoms with Crippen molar-refractivity contribution in [2.45, 2.75) is 25.3 Å². The van der Waals surface area contributed by atoms with Gasteiger partial charge in [-0.1, -0.05) is 11.2 Å². The Morgan fingerprint density at radius 3 is 3.09 bits per heavy atom. The second kappa shape index (κ2) is 4.55. The molecule has 8 nitrogen and oxygen atoms in total. The molecular weight excluding hydrogens is 298 g/mol. The van der Waals surface area contributed by atoms with E-state index in [2.05, 4.69) is 20.8 Å². The molecule has 1 aliphatic carbocycles. The van der Waals surface area contributed by atoms with Crippen LogP contribution in [0.3, 0.4) is 0 Å². The van der Waals surface area contributed by atoms with Gasteiger partial charge in [0, 0.05) is 17.7 Å². The first kappa shape index (κ1) is 12.6. The molecule has 0 amide bonds. The van der Waals surface area contributed by atoms with E-state index in [4.69, 9.17) is 9.47 Å². The first-order chi connectivity index (χ1) is 11.3. The highest BCUT2D eigenvalue weighted by Gasteiger charge is 2.37. The summed E-state index contributed by atoms with van der Waals surface area (Å²) in [6.07, 6.45) is 2.23. The molecule has 0 bridgehead atoms. The Bertz CT molecular complexity index is 857. The number of aromatic nitrogens is 4. The number of tetrazole rings is 1. The van der Waals surface area contributed by atoms with Crippen molar-refractivity contribution in [3.05, 3.63) is 35.0 Å². The first-order valence-corrected chi connectivity index (χ1v) is 7.52. The molecule has 0 saturated carbocycles. The summed E-state index contributed by atoms with van der Waals surface area (Å²) >= 11 is 0. The van der Waals surface area contributed by atoms with E-state index < -0.39 is 0 Å². The van der Waals surface area contributed by atoms with E-state index in [1.807, 2.05) is 18.2 Å². The van der Waals surface area contributed by atoms with Gasteiger partial charge in [0.2, 0.25) is 12.7 Å². The molecule has 1 atom stereocenters. The summed E-state index contributed by atoms with van der Waals surface area (Å²) in [5.74, 6) is 2.09. The Labute approximate surface area is 131 Å². The van der Waals surface area contributed by atoms with Crippen LogP contribution < -0.4 is 14.8 Å². The second-order valence-corrected chi connectivity index (χ2v) is 5.76. The normalized spacial score (nSPS) is 21.7. The van der Waals surface area contributed by atoms with Crippen molar-refractivity contribution < 1.29 is 14.3 Å². The molecule has 0 unspecified atom stereocenters. The molecule has 2 aliphatic heterocycles. The number of carbonyl (C=O) groups is 1. The number of fused-ring (bicyclic) bond motifs is 2. The molecule has 23 heavy (non-hydrogen) atoms. The number of nitrogens with zero attached hydrogens (tertiary/aromatic N) is 4. The monoisotopic (exact) mass is 311 g/mol. The summed E-state index contributed by atoms with van der Waals surface area (Å²) in [5, 5.41) is 15.0. The lowest BCUT2D eigenvalue weighted by molar-refractivity contribution is -0.116. The van der Waals surface area contributed by atoms with Gasteiger partial charge >= 0.3 is 0 Å². The van der Waals surface area contributed by atoms with Crippen LogP contribution in [0.15, 0.2) is 29.5 Å². The van der Waals surface area contributed by atoms with E-state index in [-0.39, 0.29) is 18.6 Å². The van der Waals surface area contributed by atoms with E-state index in [1.165, 1.54) is 0 Å². The van der Waals surface area contributed by atoms with Crippen LogP contribution in [0.2, 0.25) is 0 Å². The van der Waals surface area contributed by atoms with Crippen LogP contribution in [0.1, 0.15) is 30.9 Å². The van der Waals surface area contributed by atoms with E-state index in [9.17, 15) is 4.79 Å². The molecule has 2 aromatic rings. The summed E-state index contributed by atoms with van der Waals surface area (Å²) < 4.78 is 12.5. The van der Waals surface area contributed by atoms with Crippen LogP contribution >= 0.6 is 0 Å². The van der Waals surface area contributed by atoms with Crippen LogP contribution in [0, 0.1) is 0 Å². The Morgan fingerprint density at radius 1 is 1.22 bits per heavy atom. The molecule has 1 N–H and O–H groups in total. The number of rotatable bonds is 1. The van der Waals surface area contributed by atoms with Crippen LogP contribution in [0.4, 0.5) is 5.95 Å². The lowest BCUT2D eigenvalue weighted by Gasteiger charge is -2.31. The van der Waals surface area contributed by atoms with Crippen LogP contribution in [-0.4, -0.2) is 32.8 Å². The zero-order chi connectivity index (χ0) is 15.4. The third kappa shape index (κ3) is 1.77. The molecule has 1 aromatic carbocycles. The van der Waals surface area contributed by atoms with E-state index in [0.29, 0.717) is 23.9 Å². The molecule has 0 spiro atoms. The van der Waals surface area contributed by atoms with Crippen LogP contribution in [0.25, 0.3) is 0 Å². The van der Waals surface area contributed by atoms with Crippen molar-refractivity contribution in [3.63, 3.8) is 0 Å². The minimum atomic E-state index is -0.335. The van der Waals surface area contributed by atoms with Crippen LogP contribution in [0.5, 0.6) is 11.5 Å². The van der Waals surface area contributed by atoms with Crippen molar-refractivity contribution in [2.24, 2.45) is 0 Å². The van der Waals surface area contributed by atoms with Gasteiger partial charge in [0.1, 0.15) is 6.04 Å². The lowest BCUT2D eigenvalue weighted by atomic mass is 9.85. The molecule has 0 fully saturated rings. The fourth-order valence-corrected chi connectivity index (χ4v) is 3.41. The fourth-order valence-electron chi connectivity index (χ4n) is 3.41. The van der Waals surface area contributed by atoms with Gasteiger partial charge < -0.3 is 14.8 Å². The number of ketones is 1. The Hall–Kier alpha value is -2.90. The molecule has 0 saturated heterocycles. The summed E-state index contributed by atoms with van der Waals surface area (Å²) in [4.78, 5) is 12.5. The Balaban J connectivity index is 1.70. The average Bonchev–Trinajstić information content (AvgIpc) is 3.21. The third-order valence-electron chi connectivity index (χ3n) is 4.44. The molecule has 0 radical (unpaired) electrons. The fraction of sp³-hybridized carbons (Fsp3) is 0.333. The molecule has 8 heteroatoms. The molecule has 5 rings (SSSR count). The molecule has 1 aromatic heterocycles. The van der Waals surface area contributed by atoms with Gasteiger partial charge in [0.05, 0.1) is 0 Å². The summed E-state index contributed by atoms with van der Waals surface area (Å²) in [5.41, 5.74) is 2.58. The number of hydrogen-bond acceptors (Lipinski definition) is 7.